The van der Waals surface area contributed by atoms with Gasteiger partial charge < -0.3 is 31.9 Å². The van der Waals surface area contributed by atoms with Crippen LogP contribution in [-0.2, 0) is 0 Å². The van der Waals surface area contributed by atoms with E-state index in [0.29, 0.717) is 11.9 Å². The fourth-order valence-corrected chi connectivity index (χ4v) is 7.44. The number of aryl methyl sites for hydroxylation is 12. The lowest BCUT2D eigenvalue weighted by molar-refractivity contribution is 0.877. The van der Waals surface area contributed by atoms with E-state index in [1.807, 2.05) is 27.7 Å². The predicted octanol–water partition coefficient (Wildman–Crippen LogP) is 10.6. The van der Waals surface area contributed by atoms with Gasteiger partial charge in [-0.25, -0.2) is 0 Å². The predicted molar refractivity (Wildman–Crippen MR) is 237 cm³/mol. The molecule has 0 amide bonds. The third-order valence-electron chi connectivity index (χ3n) is 9.66. The molecule has 12 nitrogen and oxygen atoms in total. The van der Waals surface area contributed by atoms with Crippen molar-refractivity contribution < 1.29 is 2.74 Å². The number of nitrogens with one attached hydrogen (secondary N) is 6. The first-order valence-corrected chi connectivity index (χ1v) is 19.3. The second-order valence-corrected chi connectivity index (χ2v) is 15.2. The Balaban J connectivity index is 1.25. The number of rotatable bonds is 14. The molecule has 0 saturated heterocycles. The maximum Gasteiger partial charge on any atom is 0.233 e. The average molecular weight is 769 g/mol. The van der Waals surface area contributed by atoms with Crippen LogP contribution in [0.4, 0.5) is 58.4 Å². The molecule has 0 fully saturated rings. The van der Waals surface area contributed by atoms with Crippen LogP contribution in [0, 0.1) is 83.1 Å². The largest absolute Gasteiger partial charge is 0.354 e. The zero-order valence-corrected chi connectivity index (χ0v) is 35.2. The third kappa shape index (κ3) is 10.1. The minimum Gasteiger partial charge on any atom is -0.354 e. The Hall–Kier alpha value is -6.30. The van der Waals surface area contributed by atoms with Gasteiger partial charge in [0, 0.05) is 38.5 Å². The topological polar surface area (TPSA) is 150 Å². The number of hydrogen-bond acceptors (Lipinski definition) is 12. The van der Waals surface area contributed by atoms with Crippen molar-refractivity contribution in [3.63, 3.8) is 0 Å². The van der Waals surface area contributed by atoms with E-state index in [4.69, 9.17) is 22.7 Å². The second-order valence-electron chi connectivity index (χ2n) is 15.2. The molecule has 6 aromatic rings. The van der Waals surface area contributed by atoms with Crippen LogP contribution in [0.1, 0.15) is 75.9 Å². The van der Waals surface area contributed by atoms with Crippen LogP contribution in [0.25, 0.3) is 0 Å². The van der Waals surface area contributed by atoms with Crippen molar-refractivity contribution in [3.05, 3.63) is 115 Å². The van der Waals surface area contributed by atoms with Crippen LogP contribution in [-0.4, -0.2) is 42.9 Å². The first kappa shape index (κ1) is 37.6. The Morgan fingerprint density at radius 2 is 0.579 bits per heavy atom. The summed E-state index contributed by atoms with van der Waals surface area (Å²) in [5.74, 6) is 1.63. The molecule has 0 saturated carbocycles. The number of nitrogens with zero attached hydrogens (tertiary/aromatic N) is 6. The zero-order chi connectivity index (χ0) is 42.8. The van der Waals surface area contributed by atoms with E-state index in [1.54, 1.807) is 0 Å². The number of hydrogen-bond donors (Lipinski definition) is 6. The van der Waals surface area contributed by atoms with Crippen molar-refractivity contribution in [1.29, 1.82) is 0 Å². The highest BCUT2D eigenvalue weighted by atomic mass is 15.3. The summed E-state index contributed by atoms with van der Waals surface area (Å²) in [5.41, 5.74) is 16.7. The van der Waals surface area contributed by atoms with Gasteiger partial charge in [0.05, 0.1) is 0 Å². The monoisotopic (exact) mass is 768 g/mol. The molecule has 0 unspecified atom stereocenters. The first-order valence-electron chi connectivity index (χ1n) is 20.3. The molecule has 12 heteroatoms. The van der Waals surface area contributed by atoms with E-state index < -0.39 is 6.50 Å². The molecular weight excluding hydrogens is 709 g/mol. The van der Waals surface area contributed by atoms with E-state index in [-0.39, 0.29) is 36.8 Å². The van der Waals surface area contributed by atoms with Gasteiger partial charge in [-0.3, -0.25) is 0 Å². The van der Waals surface area contributed by atoms with Gasteiger partial charge in [-0.2, -0.15) is 29.9 Å². The lowest BCUT2D eigenvalue weighted by Gasteiger charge is -2.17. The summed E-state index contributed by atoms with van der Waals surface area (Å²) >= 11 is 0. The fourth-order valence-electron chi connectivity index (χ4n) is 7.44. The van der Waals surface area contributed by atoms with Gasteiger partial charge in [0.2, 0.25) is 35.7 Å². The Bertz CT molecular complexity index is 2290. The van der Waals surface area contributed by atoms with E-state index in [2.05, 4.69) is 146 Å². The molecule has 6 N–H and O–H groups in total. The molecule has 6 rings (SSSR count). The molecule has 57 heavy (non-hydrogen) atoms. The molecule has 2 aromatic heterocycles. The van der Waals surface area contributed by atoms with Crippen LogP contribution in [0.3, 0.4) is 0 Å². The van der Waals surface area contributed by atoms with Crippen LogP contribution < -0.4 is 31.9 Å². The van der Waals surface area contributed by atoms with Crippen LogP contribution in [0.5, 0.6) is 0 Å². The quantitative estimate of drug-likeness (QED) is 0.0626. The van der Waals surface area contributed by atoms with E-state index >= 15 is 0 Å². The van der Waals surface area contributed by atoms with E-state index in [0.717, 1.165) is 78.4 Å². The standard InChI is InChI=1S/C45H56N12/c1-24-16-28(5)36(29(6)17-24)48-42-52-40(53-43(56-42)49-37-30(7)18-25(2)19-31(37)8)46-14-13-15-47-41-54-44(50-38-32(9)20-26(3)21-33(38)10)57-45(55-41)51-39-34(11)22-27(4)23-35(39)12/h16-23H,13-15H2,1-12H3,(H3,46,48,49,52,53,56)(H3,47,50,51,54,55,57)/i14T2. The first-order chi connectivity index (χ1) is 27.8. The molecule has 0 aliphatic carbocycles. The van der Waals surface area contributed by atoms with Crippen molar-refractivity contribution in [2.75, 3.05) is 44.9 Å². The highest BCUT2D eigenvalue weighted by Crippen LogP contribution is 2.30. The third-order valence-corrected chi connectivity index (χ3v) is 9.66. The maximum atomic E-state index is 9.00. The second kappa shape index (κ2) is 17.2. The van der Waals surface area contributed by atoms with Crippen molar-refractivity contribution in [2.24, 2.45) is 0 Å². The van der Waals surface area contributed by atoms with Crippen LogP contribution in [0.15, 0.2) is 48.5 Å². The summed E-state index contributed by atoms with van der Waals surface area (Å²) in [7, 11) is 0. The highest BCUT2D eigenvalue weighted by Gasteiger charge is 2.15. The molecule has 0 aliphatic rings. The molecule has 0 bridgehead atoms. The lowest BCUT2D eigenvalue weighted by atomic mass is 10.1. The Morgan fingerprint density at radius 1 is 0.351 bits per heavy atom. The summed E-state index contributed by atoms with van der Waals surface area (Å²) in [5, 5.41) is 19.7. The summed E-state index contributed by atoms with van der Waals surface area (Å²) < 4.78 is 18.0. The van der Waals surface area contributed by atoms with Gasteiger partial charge in [-0.15, -0.1) is 0 Å². The number of benzene rings is 4. The molecule has 4 aromatic carbocycles. The van der Waals surface area contributed by atoms with Crippen LogP contribution >= 0.6 is 0 Å². The van der Waals surface area contributed by atoms with E-state index in [9.17, 15) is 0 Å². The highest BCUT2D eigenvalue weighted by molar-refractivity contribution is 5.69. The van der Waals surface area contributed by atoms with Crippen LogP contribution in [0.2, 0.25) is 0 Å². The summed E-state index contributed by atoms with van der Waals surface area (Å²) in [4.78, 5) is 28.1. The molecule has 0 aliphatic heterocycles. The molecule has 2 heterocycles. The lowest BCUT2D eigenvalue weighted by Crippen LogP contribution is -2.15. The average Bonchev–Trinajstić information content (AvgIpc) is 3.10. The van der Waals surface area contributed by atoms with Gasteiger partial charge >= 0.3 is 0 Å². The number of aromatic nitrogens is 6. The van der Waals surface area contributed by atoms with Crippen molar-refractivity contribution in [2.45, 2.75) is 89.5 Å². The molecule has 0 spiro atoms. The van der Waals surface area contributed by atoms with Crippen molar-refractivity contribution in [3.8, 4) is 0 Å². The summed E-state index contributed by atoms with van der Waals surface area (Å²) in [6.45, 7) is 22.8. The smallest absolute Gasteiger partial charge is 0.233 e. The van der Waals surface area contributed by atoms with Gasteiger partial charge in [0.1, 0.15) is 0 Å². The molecule has 0 atom stereocenters. The molecule has 296 valence electrons. The van der Waals surface area contributed by atoms with Crippen molar-refractivity contribution >= 4 is 58.4 Å². The van der Waals surface area contributed by atoms with Gasteiger partial charge in [-0.1, -0.05) is 70.8 Å². The maximum absolute atomic E-state index is 9.00. The van der Waals surface area contributed by atoms with Gasteiger partial charge in [0.15, 0.2) is 0 Å². The normalized spacial score (nSPS) is 11.8. The van der Waals surface area contributed by atoms with Crippen molar-refractivity contribution in [1.82, 2.24) is 29.9 Å². The number of anilines is 10. The minimum atomic E-state index is -1.95. The SMILES string of the molecule is [3H]C([3H])(CCNc1nc(Nc2c(C)cc(C)cc2C)nc(Nc2c(C)cc(C)cc2C)n1)Nc1nc(Nc2c(C)cc(C)cc2C)nc(Nc2c(C)cc(C)cc2C)n1. The Labute approximate surface area is 340 Å². The van der Waals surface area contributed by atoms with Gasteiger partial charge in [-0.05, 0) is 134 Å². The zero-order valence-electron chi connectivity index (χ0n) is 37.2. The molecule has 0 radical (unpaired) electrons. The minimum absolute atomic E-state index is 0.0140. The van der Waals surface area contributed by atoms with Gasteiger partial charge in [0.25, 0.3) is 0 Å². The Morgan fingerprint density at radius 3 is 0.842 bits per heavy atom. The molecular formula is C45H56N12. The van der Waals surface area contributed by atoms with E-state index in [1.165, 1.54) is 11.1 Å². The summed E-state index contributed by atoms with van der Waals surface area (Å²) in [6.07, 6.45) is 0.0140. The Kier molecular flexibility index (Phi) is 11.4. The summed E-state index contributed by atoms with van der Waals surface area (Å²) in [6, 6.07) is 16.8. The fraction of sp³-hybridized carbons (Fsp3) is 0.333.